The Morgan fingerprint density at radius 2 is 2.06 bits per heavy atom. The van der Waals surface area contributed by atoms with Crippen LogP contribution in [0.2, 0.25) is 10.0 Å². The normalized spacial score (nSPS) is 10.1. The van der Waals surface area contributed by atoms with E-state index in [4.69, 9.17) is 27.6 Å². The van der Waals surface area contributed by atoms with Crippen molar-refractivity contribution in [3.63, 3.8) is 0 Å². The maximum atomic E-state index is 11.6. The summed E-state index contributed by atoms with van der Waals surface area (Å²) in [5.74, 6) is 0.669. The number of anilines is 1. The second-order valence-corrected chi connectivity index (χ2v) is 4.27. The van der Waals surface area contributed by atoms with Gasteiger partial charge in [-0.2, -0.15) is 0 Å². The van der Waals surface area contributed by atoms with Gasteiger partial charge in [0.25, 0.3) is 0 Å². The third kappa shape index (κ3) is 3.18. The lowest BCUT2D eigenvalue weighted by atomic mass is 10.3. The minimum Gasteiger partial charge on any atom is -0.467 e. The summed E-state index contributed by atoms with van der Waals surface area (Å²) < 4.78 is 5.09. The van der Waals surface area contributed by atoms with Crippen molar-refractivity contribution >= 4 is 34.9 Å². The molecule has 0 saturated heterocycles. The number of hydrogen-bond acceptors (Lipinski definition) is 2. The lowest BCUT2D eigenvalue weighted by molar-refractivity contribution is 0.251. The van der Waals surface area contributed by atoms with Gasteiger partial charge < -0.3 is 15.1 Å². The number of urea groups is 1. The number of halogens is 2. The predicted octanol–water partition coefficient (Wildman–Crippen LogP) is 3.91. The third-order valence-electron chi connectivity index (χ3n) is 2.20. The second kappa shape index (κ2) is 5.80. The molecule has 2 amide bonds. The summed E-state index contributed by atoms with van der Waals surface area (Å²) in [4.78, 5) is 11.6. The Kier molecular flexibility index (Phi) is 4.12. The van der Waals surface area contributed by atoms with Gasteiger partial charge in [0.15, 0.2) is 0 Å². The van der Waals surface area contributed by atoms with Crippen molar-refractivity contribution in [1.29, 1.82) is 0 Å². The van der Waals surface area contributed by atoms with Crippen LogP contribution < -0.4 is 10.6 Å². The van der Waals surface area contributed by atoms with Crippen molar-refractivity contribution < 1.29 is 9.21 Å². The molecule has 0 aliphatic rings. The van der Waals surface area contributed by atoms with E-state index in [0.29, 0.717) is 28.0 Å². The van der Waals surface area contributed by atoms with Gasteiger partial charge in [-0.3, -0.25) is 0 Å². The Balaban J connectivity index is 1.93. The average molecular weight is 285 g/mol. The zero-order valence-electron chi connectivity index (χ0n) is 9.24. The molecule has 1 heterocycles. The molecular formula is C12H10Cl2N2O2. The summed E-state index contributed by atoms with van der Waals surface area (Å²) in [6, 6.07) is 8.16. The van der Waals surface area contributed by atoms with Gasteiger partial charge >= 0.3 is 6.03 Å². The van der Waals surface area contributed by atoms with Gasteiger partial charge in [0.05, 0.1) is 28.5 Å². The van der Waals surface area contributed by atoms with E-state index in [9.17, 15) is 4.79 Å². The minimum atomic E-state index is -0.379. The van der Waals surface area contributed by atoms with E-state index in [1.165, 1.54) is 0 Å². The van der Waals surface area contributed by atoms with Gasteiger partial charge in [-0.1, -0.05) is 29.3 Å². The number of carbonyl (C=O) groups is 1. The Bertz CT molecular complexity index is 541. The molecule has 0 saturated carbocycles. The van der Waals surface area contributed by atoms with Crippen molar-refractivity contribution in [2.45, 2.75) is 6.54 Å². The molecule has 18 heavy (non-hydrogen) atoms. The van der Waals surface area contributed by atoms with Gasteiger partial charge in [0.1, 0.15) is 5.76 Å². The fourth-order valence-corrected chi connectivity index (χ4v) is 1.70. The van der Waals surface area contributed by atoms with E-state index in [1.54, 1.807) is 36.6 Å². The molecular weight excluding hydrogens is 275 g/mol. The smallest absolute Gasteiger partial charge is 0.319 e. The summed E-state index contributed by atoms with van der Waals surface area (Å²) in [6.07, 6.45) is 1.54. The van der Waals surface area contributed by atoms with Crippen LogP contribution in [-0.4, -0.2) is 6.03 Å². The van der Waals surface area contributed by atoms with Gasteiger partial charge in [-0.15, -0.1) is 0 Å². The van der Waals surface area contributed by atoms with Crippen LogP contribution in [0.15, 0.2) is 41.0 Å². The predicted molar refractivity (Wildman–Crippen MR) is 71.0 cm³/mol. The van der Waals surface area contributed by atoms with Crippen LogP contribution in [0.4, 0.5) is 10.5 Å². The molecule has 0 bridgehead atoms. The number of hydrogen-bond donors (Lipinski definition) is 2. The molecule has 0 unspecified atom stereocenters. The number of nitrogens with one attached hydrogen (secondary N) is 2. The molecule has 1 aromatic carbocycles. The highest BCUT2D eigenvalue weighted by Crippen LogP contribution is 2.29. The van der Waals surface area contributed by atoms with Crippen molar-refractivity contribution in [3.05, 3.63) is 52.4 Å². The van der Waals surface area contributed by atoms with Crippen LogP contribution in [0.3, 0.4) is 0 Å². The third-order valence-corrected chi connectivity index (χ3v) is 3.02. The lowest BCUT2D eigenvalue weighted by Crippen LogP contribution is -2.28. The molecule has 0 radical (unpaired) electrons. The average Bonchev–Trinajstić information content (AvgIpc) is 2.86. The Labute approximate surface area is 114 Å². The Morgan fingerprint density at radius 1 is 1.22 bits per heavy atom. The Morgan fingerprint density at radius 3 is 2.78 bits per heavy atom. The highest BCUT2D eigenvalue weighted by Gasteiger charge is 2.08. The van der Waals surface area contributed by atoms with E-state index < -0.39 is 0 Å². The van der Waals surface area contributed by atoms with Crippen LogP contribution in [0.1, 0.15) is 5.76 Å². The molecule has 2 N–H and O–H groups in total. The van der Waals surface area contributed by atoms with Gasteiger partial charge in [-0.05, 0) is 24.3 Å². The molecule has 0 atom stereocenters. The van der Waals surface area contributed by atoms with Crippen molar-refractivity contribution in [3.8, 4) is 0 Å². The summed E-state index contributed by atoms with van der Waals surface area (Å²) in [6.45, 7) is 0.303. The number of furan rings is 1. The lowest BCUT2D eigenvalue weighted by Gasteiger charge is -2.08. The zero-order chi connectivity index (χ0) is 13.0. The van der Waals surface area contributed by atoms with Gasteiger partial charge in [0, 0.05) is 0 Å². The molecule has 0 spiro atoms. The first-order valence-electron chi connectivity index (χ1n) is 5.18. The minimum absolute atomic E-state index is 0.303. The fourth-order valence-electron chi connectivity index (χ4n) is 1.35. The molecule has 0 aliphatic carbocycles. The fraction of sp³-hybridized carbons (Fsp3) is 0.0833. The molecule has 2 aromatic rings. The Hall–Kier alpha value is -1.65. The first-order chi connectivity index (χ1) is 8.66. The quantitative estimate of drug-likeness (QED) is 0.898. The van der Waals surface area contributed by atoms with Crippen LogP contribution in [0.5, 0.6) is 0 Å². The highest BCUT2D eigenvalue weighted by atomic mass is 35.5. The first-order valence-corrected chi connectivity index (χ1v) is 5.93. The van der Waals surface area contributed by atoms with Gasteiger partial charge in [0.2, 0.25) is 0 Å². The number of amides is 2. The standard InChI is InChI=1S/C12H10Cl2N2O2/c13-9-4-1-5-10(11(9)14)16-12(17)15-7-8-3-2-6-18-8/h1-6H,7H2,(H2,15,16,17). The number of benzene rings is 1. The van der Waals surface area contributed by atoms with Crippen LogP contribution in [0, 0.1) is 0 Å². The summed E-state index contributed by atoms with van der Waals surface area (Å²) >= 11 is 11.8. The summed E-state index contributed by atoms with van der Waals surface area (Å²) in [5, 5.41) is 5.94. The van der Waals surface area contributed by atoms with Crippen LogP contribution in [-0.2, 0) is 6.54 Å². The maximum Gasteiger partial charge on any atom is 0.319 e. The van der Waals surface area contributed by atoms with Gasteiger partial charge in [-0.25, -0.2) is 4.79 Å². The second-order valence-electron chi connectivity index (χ2n) is 3.49. The summed E-state index contributed by atoms with van der Waals surface area (Å²) in [5.41, 5.74) is 0.459. The van der Waals surface area contributed by atoms with Crippen LogP contribution >= 0.6 is 23.2 Å². The molecule has 94 valence electrons. The van der Waals surface area contributed by atoms with E-state index in [2.05, 4.69) is 10.6 Å². The van der Waals surface area contributed by atoms with Crippen molar-refractivity contribution in [2.24, 2.45) is 0 Å². The number of carbonyl (C=O) groups excluding carboxylic acids is 1. The van der Waals surface area contributed by atoms with E-state index in [-0.39, 0.29) is 6.03 Å². The monoisotopic (exact) mass is 284 g/mol. The molecule has 1 aromatic heterocycles. The molecule has 4 nitrogen and oxygen atoms in total. The van der Waals surface area contributed by atoms with E-state index in [0.717, 1.165) is 0 Å². The zero-order valence-corrected chi connectivity index (χ0v) is 10.8. The molecule has 0 fully saturated rings. The highest BCUT2D eigenvalue weighted by molar-refractivity contribution is 6.43. The topological polar surface area (TPSA) is 54.3 Å². The van der Waals surface area contributed by atoms with Crippen molar-refractivity contribution in [1.82, 2.24) is 5.32 Å². The van der Waals surface area contributed by atoms with E-state index >= 15 is 0 Å². The van der Waals surface area contributed by atoms with Crippen LogP contribution in [0.25, 0.3) is 0 Å². The van der Waals surface area contributed by atoms with E-state index in [1.807, 2.05) is 0 Å². The molecule has 6 heteroatoms. The van der Waals surface area contributed by atoms with Crippen molar-refractivity contribution in [2.75, 3.05) is 5.32 Å². The largest absolute Gasteiger partial charge is 0.467 e. The molecule has 2 rings (SSSR count). The summed E-state index contributed by atoms with van der Waals surface area (Å²) in [7, 11) is 0. The first kappa shape index (κ1) is 12.8. The maximum absolute atomic E-state index is 11.6. The SMILES string of the molecule is O=C(NCc1ccco1)Nc1cccc(Cl)c1Cl. The molecule has 0 aliphatic heterocycles. The number of rotatable bonds is 3.